The van der Waals surface area contributed by atoms with E-state index in [1.807, 2.05) is 25.1 Å². The first-order valence-electron chi connectivity index (χ1n) is 6.12. The number of hydrogen-bond donors (Lipinski definition) is 3. The molecule has 1 fully saturated rings. The van der Waals surface area contributed by atoms with E-state index in [4.69, 9.17) is 10.5 Å². The molecule has 1 aliphatic carbocycles. The van der Waals surface area contributed by atoms with Gasteiger partial charge in [0.05, 0.1) is 23.6 Å². The molecular weight excluding hydrogens is 216 g/mol. The fraction of sp³-hybridized carbons (Fsp3) is 0.538. The van der Waals surface area contributed by atoms with Crippen LogP contribution in [0.5, 0.6) is 5.75 Å². The number of anilines is 2. The number of benzene rings is 1. The van der Waals surface area contributed by atoms with Crippen molar-refractivity contribution >= 4 is 11.4 Å². The molecule has 0 radical (unpaired) electrons. The monoisotopic (exact) mass is 236 g/mol. The van der Waals surface area contributed by atoms with E-state index < -0.39 is 5.60 Å². The highest BCUT2D eigenvalue weighted by molar-refractivity contribution is 5.73. The summed E-state index contributed by atoms with van der Waals surface area (Å²) in [7, 11) is 0. The molecule has 0 saturated heterocycles. The van der Waals surface area contributed by atoms with Gasteiger partial charge in [-0.2, -0.15) is 0 Å². The Hall–Kier alpha value is -1.42. The number of rotatable bonds is 5. The molecule has 94 valence electrons. The van der Waals surface area contributed by atoms with Gasteiger partial charge in [-0.05, 0) is 38.3 Å². The summed E-state index contributed by atoms with van der Waals surface area (Å²) >= 11 is 0. The van der Waals surface area contributed by atoms with Gasteiger partial charge in [-0.15, -0.1) is 0 Å². The third-order valence-electron chi connectivity index (χ3n) is 3.26. The summed E-state index contributed by atoms with van der Waals surface area (Å²) in [4.78, 5) is 0. The molecule has 0 aromatic heterocycles. The lowest BCUT2D eigenvalue weighted by molar-refractivity contribution is -0.0201. The number of aliphatic hydroxyl groups is 1. The van der Waals surface area contributed by atoms with Crippen LogP contribution in [0, 0.1) is 0 Å². The van der Waals surface area contributed by atoms with Gasteiger partial charge in [-0.3, -0.25) is 0 Å². The average molecular weight is 236 g/mol. The molecular formula is C13H20N2O2. The van der Waals surface area contributed by atoms with Crippen molar-refractivity contribution in [2.75, 3.05) is 24.2 Å². The maximum atomic E-state index is 10.0. The first kappa shape index (κ1) is 12.0. The normalized spacial score (nSPS) is 17.3. The van der Waals surface area contributed by atoms with Crippen molar-refractivity contribution in [3.63, 3.8) is 0 Å². The molecule has 4 nitrogen and oxygen atoms in total. The molecule has 1 aliphatic rings. The highest BCUT2D eigenvalue weighted by Crippen LogP contribution is 2.34. The molecule has 0 unspecified atom stereocenters. The van der Waals surface area contributed by atoms with Crippen molar-refractivity contribution in [3.8, 4) is 5.75 Å². The summed E-state index contributed by atoms with van der Waals surface area (Å²) in [6, 6.07) is 5.65. The zero-order chi connectivity index (χ0) is 12.3. The lowest BCUT2D eigenvalue weighted by Crippen LogP contribution is -2.43. The van der Waals surface area contributed by atoms with Crippen molar-refractivity contribution < 1.29 is 9.84 Å². The Kier molecular flexibility index (Phi) is 3.43. The lowest BCUT2D eigenvalue weighted by atomic mass is 9.80. The van der Waals surface area contributed by atoms with Crippen molar-refractivity contribution in [1.82, 2.24) is 0 Å². The number of ether oxygens (including phenoxy) is 1. The highest BCUT2D eigenvalue weighted by atomic mass is 16.5. The Morgan fingerprint density at radius 2 is 2.24 bits per heavy atom. The summed E-state index contributed by atoms with van der Waals surface area (Å²) in [5.41, 5.74) is 6.88. The van der Waals surface area contributed by atoms with Crippen LogP contribution in [0.4, 0.5) is 11.4 Å². The molecule has 17 heavy (non-hydrogen) atoms. The van der Waals surface area contributed by atoms with Gasteiger partial charge in [0, 0.05) is 6.54 Å². The molecule has 2 rings (SSSR count). The Morgan fingerprint density at radius 3 is 2.82 bits per heavy atom. The molecule has 0 heterocycles. The van der Waals surface area contributed by atoms with Crippen molar-refractivity contribution in [2.24, 2.45) is 0 Å². The van der Waals surface area contributed by atoms with E-state index in [1.54, 1.807) is 0 Å². The van der Waals surface area contributed by atoms with Crippen LogP contribution in [0.15, 0.2) is 18.2 Å². The van der Waals surface area contributed by atoms with Gasteiger partial charge < -0.3 is 20.9 Å². The fourth-order valence-corrected chi connectivity index (χ4v) is 2.00. The van der Waals surface area contributed by atoms with Gasteiger partial charge in [0.1, 0.15) is 5.75 Å². The minimum atomic E-state index is -0.548. The molecule has 1 aromatic carbocycles. The van der Waals surface area contributed by atoms with Crippen molar-refractivity contribution in [2.45, 2.75) is 31.8 Å². The van der Waals surface area contributed by atoms with Gasteiger partial charge >= 0.3 is 0 Å². The second kappa shape index (κ2) is 4.84. The summed E-state index contributed by atoms with van der Waals surface area (Å²) in [6.07, 6.45) is 2.84. The van der Waals surface area contributed by atoms with Gasteiger partial charge in [0.15, 0.2) is 0 Å². The first-order chi connectivity index (χ1) is 8.14. The second-order valence-corrected chi connectivity index (χ2v) is 4.58. The summed E-state index contributed by atoms with van der Waals surface area (Å²) in [5, 5.41) is 13.2. The Labute approximate surface area is 102 Å². The van der Waals surface area contributed by atoms with Crippen molar-refractivity contribution in [3.05, 3.63) is 18.2 Å². The SMILES string of the molecule is CCOc1cccc(NCC2(O)CCC2)c1N. The van der Waals surface area contributed by atoms with Crippen molar-refractivity contribution in [1.29, 1.82) is 0 Å². The second-order valence-electron chi connectivity index (χ2n) is 4.58. The Balaban J connectivity index is 2.02. The molecule has 0 atom stereocenters. The largest absolute Gasteiger partial charge is 0.492 e. The summed E-state index contributed by atoms with van der Waals surface area (Å²) < 4.78 is 5.42. The summed E-state index contributed by atoms with van der Waals surface area (Å²) in [5.74, 6) is 0.693. The Morgan fingerprint density at radius 1 is 1.47 bits per heavy atom. The molecule has 0 bridgehead atoms. The topological polar surface area (TPSA) is 67.5 Å². The fourth-order valence-electron chi connectivity index (χ4n) is 2.00. The lowest BCUT2D eigenvalue weighted by Gasteiger charge is -2.37. The van der Waals surface area contributed by atoms with E-state index in [9.17, 15) is 5.11 Å². The predicted molar refractivity (Wildman–Crippen MR) is 69.3 cm³/mol. The standard InChI is InChI=1S/C13H20N2O2/c1-2-17-11-6-3-5-10(12(11)14)15-9-13(16)7-4-8-13/h3,5-6,15-16H,2,4,7-9,14H2,1H3. The van der Waals surface area contributed by atoms with E-state index in [1.165, 1.54) is 0 Å². The molecule has 1 aromatic rings. The summed E-state index contributed by atoms with van der Waals surface area (Å²) in [6.45, 7) is 3.07. The van der Waals surface area contributed by atoms with Gasteiger partial charge in [-0.25, -0.2) is 0 Å². The molecule has 0 aliphatic heterocycles. The predicted octanol–water partition coefficient (Wildman–Crippen LogP) is 1.99. The van der Waals surface area contributed by atoms with Crippen LogP contribution in [0.3, 0.4) is 0 Å². The van der Waals surface area contributed by atoms with Crippen LogP contribution in [-0.4, -0.2) is 23.9 Å². The molecule has 0 spiro atoms. The maximum Gasteiger partial charge on any atom is 0.144 e. The third-order valence-corrected chi connectivity index (χ3v) is 3.26. The number of hydrogen-bond acceptors (Lipinski definition) is 4. The van der Waals surface area contributed by atoms with Crippen LogP contribution in [0.1, 0.15) is 26.2 Å². The third kappa shape index (κ3) is 2.64. The Bertz CT molecular complexity index is 389. The average Bonchev–Trinajstić information content (AvgIpc) is 2.28. The smallest absolute Gasteiger partial charge is 0.144 e. The van der Waals surface area contributed by atoms with Crippen LogP contribution >= 0.6 is 0 Å². The maximum absolute atomic E-state index is 10.0. The zero-order valence-corrected chi connectivity index (χ0v) is 10.2. The zero-order valence-electron chi connectivity index (χ0n) is 10.2. The molecule has 4 heteroatoms. The van der Waals surface area contributed by atoms with Crippen LogP contribution < -0.4 is 15.8 Å². The van der Waals surface area contributed by atoms with Crippen LogP contribution in [-0.2, 0) is 0 Å². The van der Waals surface area contributed by atoms with Crippen LogP contribution in [0.25, 0.3) is 0 Å². The first-order valence-corrected chi connectivity index (χ1v) is 6.12. The molecule has 4 N–H and O–H groups in total. The number of nitrogens with two attached hydrogens (primary N) is 1. The molecule has 0 amide bonds. The number of para-hydroxylation sites is 1. The highest BCUT2D eigenvalue weighted by Gasteiger charge is 2.34. The van der Waals surface area contributed by atoms with E-state index in [-0.39, 0.29) is 0 Å². The van der Waals surface area contributed by atoms with E-state index in [0.717, 1.165) is 24.9 Å². The number of nitrogen functional groups attached to an aromatic ring is 1. The quantitative estimate of drug-likeness (QED) is 0.684. The van der Waals surface area contributed by atoms with Gasteiger partial charge in [-0.1, -0.05) is 6.07 Å². The minimum absolute atomic E-state index is 0.548. The molecule has 1 saturated carbocycles. The van der Waals surface area contributed by atoms with E-state index in [0.29, 0.717) is 24.6 Å². The van der Waals surface area contributed by atoms with E-state index in [2.05, 4.69) is 5.32 Å². The minimum Gasteiger partial charge on any atom is -0.492 e. The van der Waals surface area contributed by atoms with Gasteiger partial charge in [0.2, 0.25) is 0 Å². The van der Waals surface area contributed by atoms with E-state index >= 15 is 0 Å². The number of nitrogens with one attached hydrogen (secondary N) is 1. The van der Waals surface area contributed by atoms with Crippen LogP contribution in [0.2, 0.25) is 0 Å². The van der Waals surface area contributed by atoms with Gasteiger partial charge in [0.25, 0.3) is 0 Å².